The third-order valence-electron chi connectivity index (χ3n) is 3.82. The molecule has 0 aromatic heterocycles. The van der Waals surface area contributed by atoms with Crippen molar-refractivity contribution in [3.63, 3.8) is 0 Å². The smallest absolute Gasteiger partial charge is 0.320 e. The summed E-state index contributed by atoms with van der Waals surface area (Å²) in [5, 5.41) is 0. The third-order valence-corrected chi connectivity index (χ3v) is 3.82. The Hall–Kier alpha value is -1.91. The number of amides is 2. The molecule has 1 aromatic rings. The molecular weight excluding hydrogens is 252 g/mol. The molecule has 20 heavy (non-hydrogen) atoms. The maximum absolute atomic E-state index is 12.3. The fourth-order valence-electron chi connectivity index (χ4n) is 2.57. The van der Waals surface area contributed by atoms with Gasteiger partial charge in [0.2, 0.25) is 0 Å². The number of carbonyl (C=O) groups is 1. The Labute approximate surface area is 120 Å². The van der Waals surface area contributed by atoms with Crippen LogP contribution in [0.15, 0.2) is 24.3 Å². The lowest BCUT2D eigenvalue weighted by molar-refractivity contribution is 0.154. The second-order valence-electron chi connectivity index (χ2n) is 5.02. The highest BCUT2D eigenvalue weighted by atomic mass is 16.2. The van der Waals surface area contributed by atoms with E-state index in [4.69, 9.17) is 5.73 Å². The van der Waals surface area contributed by atoms with E-state index in [1.165, 1.54) is 0 Å². The van der Waals surface area contributed by atoms with E-state index in [0.29, 0.717) is 0 Å². The van der Waals surface area contributed by atoms with Gasteiger partial charge >= 0.3 is 6.03 Å². The maximum Gasteiger partial charge on any atom is 0.320 e. The molecule has 5 nitrogen and oxygen atoms in total. The molecule has 1 heterocycles. The predicted molar refractivity (Wildman–Crippen MR) is 83.0 cm³/mol. The summed E-state index contributed by atoms with van der Waals surface area (Å²) in [6.45, 7) is 8.82. The SMILES string of the molecule is CCN(CC)C(=O)N1CCN(c2cccc(N)c2)CC1. The first-order valence-electron chi connectivity index (χ1n) is 7.30. The van der Waals surface area contributed by atoms with Crippen LogP contribution in [0.2, 0.25) is 0 Å². The Morgan fingerprint density at radius 2 is 1.85 bits per heavy atom. The van der Waals surface area contributed by atoms with Gasteiger partial charge in [-0.05, 0) is 32.0 Å². The molecule has 0 radical (unpaired) electrons. The number of piperazine rings is 1. The summed E-state index contributed by atoms with van der Waals surface area (Å²) in [6.07, 6.45) is 0. The molecule has 5 heteroatoms. The van der Waals surface area contributed by atoms with Gasteiger partial charge in [0.05, 0.1) is 0 Å². The van der Waals surface area contributed by atoms with Crippen molar-refractivity contribution in [3.8, 4) is 0 Å². The molecule has 0 spiro atoms. The zero-order valence-electron chi connectivity index (χ0n) is 12.4. The summed E-state index contributed by atoms with van der Waals surface area (Å²) in [5.74, 6) is 0. The van der Waals surface area contributed by atoms with Crippen molar-refractivity contribution in [2.75, 3.05) is 49.9 Å². The average molecular weight is 276 g/mol. The van der Waals surface area contributed by atoms with E-state index >= 15 is 0 Å². The van der Waals surface area contributed by atoms with E-state index in [-0.39, 0.29) is 6.03 Å². The monoisotopic (exact) mass is 276 g/mol. The molecule has 1 saturated heterocycles. The van der Waals surface area contributed by atoms with Crippen LogP contribution in [-0.2, 0) is 0 Å². The van der Waals surface area contributed by atoms with E-state index in [0.717, 1.165) is 50.6 Å². The maximum atomic E-state index is 12.3. The molecular formula is C15H24N4O. The minimum absolute atomic E-state index is 0.155. The lowest BCUT2D eigenvalue weighted by atomic mass is 10.2. The van der Waals surface area contributed by atoms with Gasteiger partial charge in [0, 0.05) is 50.6 Å². The van der Waals surface area contributed by atoms with Gasteiger partial charge in [0.1, 0.15) is 0 Å². The highest BCUT2D eigenvalue weighted by molar-refractivity contribution is 5.74. The van der Waals surface area contributed by atoms with Crippen LogP contribution in [0.3, 0.4) is 0 Å². The van der Waals surface area contributed by atoms with Crippen molar-refractivity contribution in [2.24, 2.45) is 0 Å². The van der Waals surface area contributed by atoms with Crippen molar-refractivity contribution in [3.05, 3.63) is 24.3 Å². The number of nitrogens with zero attached hydrogens (tertiary/aromatic N) is 3. The van der Waals surface area contributed by atoms with Gasteiger partial charge < -0.3 is 20.4 Å². The normalized spacial score (nSPS) is 15.3. The third kappa shape index (κ3) is 3.15. The second-order valence-corrected chi connectivity index (χ2v) is 5.02. The number of anilines is 2. The highest BCUT2D eigenvalue weighted by Crippen LogP contribution is 2.19. The molecule has 2 rings (SSSR count). The molecule has 110 valence electrons. The van der Waals surface area contributed by atoms with E-state index in [1.54, 1.807) is 0 Å². The fourth-order valence-corrected chi connectivity index (χ4v) is 2.57. The van der Waals surface area contributed by atoms with Crippen molar-refractivity contribution < 1.29 is 4.79 Å². The van der Waals surface area contributed by atoms with Crippen LogP contribution in [0.1, 0.15) is 13.8 Å². The fraction of sp³-hybridized carbons (Fsp3) is 0.533. The van der Waals surface area contributed by atoms with Crippen LogP contribution in [0.4, 0.5) is 16.2 Å². The minimum atomic E-state index is 0.155. The summed E-state index contributed by atoms with van der Waals surface area (Å²) in [4.78, 5) is 18.4. The lowest BCUT2D eigenvalue weighted by Gasteiger charge is -2.38. The predicted octanol–water partition coefficient (Wildman–Crippen LogP) is 1.85. The first-order chi connectivity index (χ1) is 9.65. The van der Waals surface area contributed by atoms with E-state index < -0.39 is 0 Å². The zero-order valence-corrected chi connectivity index (χ0v) is 12.4. The summed E-state index contributed by atoms with van der Waals surface area (Å²) < 4.78 is 0. The van der Waals surface area contributed by atoms with Crippen molar-refractivity contribution >= 4 is 17.4 Å². The number of nitrogens with two attached hydrogens (primary N) is 1. The molecule has 0 unspecified atom stereocenters. The Kier molecular flexibility index (Phi) is 4.71. The van der Waals surface area contributed by atoms with Crippen molar-refractivity contribution in [1.29, 1.82) is 0 Å². The Morgan fingerprint density at radius 3 is 2.40 bits per heavy atom. The topological polar surface area (TPSA) is 52.8 Å². The van der Waals surface area contributed by atoms with Crippen molar-refractivity contribution in [2.45, 2.75) is 13.8 Å². The summed E-state index contributed by atoms with van der Waals surface area (Å²) in [6, 6.07) is 8.07. The van der Waals surface area contributed by atoms with Crippen LogP contribution < -0.4 is 10.6 Å². The number of urea groups is 1. The van der Waals surface area contributed by atoms with Gasteiger partial charge in [0.15, 0.2) is 0 Å². The molecule has 0 atom stereocenters. The second kappa shape index (κ2) is 6.50. The minimum Gasteiger partial charge on any atom is -0.399 e. The number of nitrogen functional groups attached to an aromatic ring is 1. The molecule has 0 aliphatic carbocycles. The average Bonchev–Trinajstić information content (AvgIpc) is 2.48. The number of hydrogen-bond donors (Lipinski definition) is 1. The molecule has 0 bridgehead atoms. The molecule has 2 N–H and O–H groups in total. The number of rotatable bonds is 3. The van der Waals surface area contributed by atoms with Gasteiger partial charge in [-0.15, -0.1) is 0 Å². The van der Waals surface area contributed by atoms with Gasteiger partial charge in [-0.1, -0.05) is 6.07 Å². The Balaban J connectivity index is 1.94. The zero-order chi connectivity index (χ0) is 14.5. The molecule has 1 aliphatic heterocycles. The molecule has 1 fully saturated rings. The van der Waals surface area contributed by atoms with E-state index in [2.05, 4.69) is 11.0 Å². The van der Waals surface area contributed by atoms with Gasteiger partial charge in [-0.25, -0.2) is 4.79 Å². The molecule has 0 saturated carbocycles. The van der Waals surface area contributed by atoms with Crippen LogP contribution in [0.5, 0.6) is 0 Å². The van der Waals surface area contributed by atoms with Crippen LogP contribution in [0.25, 0.3) is 0 Å². The van der Waals surface area contributed by atoms with E-state index in [1.807, 2.05) is 41.8 Å². The Bertz CT molecular complexity index is 451. The Morgan fingerprint density at radius 1 is 1.20 bits per heavy atom. The number of benzene rings is 1. The van der Waals surface area contributed by atoms with Crippen LogP contribution >= 0.6 is 0 Å². The van der Waals surface area contributed by atoms with Crippen LogP contribution in [0, 0.1) is 0 Å². The van der Waals surface area contributed by atoms with Crippen molar-refractivity contribution in [1.82, 2.24) is 9.80 Å². The molecule has 2 amide bonds. The standard InChI is InChI=1S/C15H24N4O/c1-3-17(4-2)15(20)19-10-8-18(9-11-19)14-7-5-6-13(16)12-14/h5-7,12H,3-4,8-11,16H2,1-2H3. The van der Waals surface area contributed by atoms with Gasteiger partial charge in [0.25, 0.3) is 0 Å². The van der Waals surface area contributed by atoms with Gasteiger partial charge in [-0.3, -0.25) is 0 Å². The van der Waals surface area contributed by atoms with Gasteiger partial charge in [-0.2, -0.15) is 0 Å². The quantitative estimate of drug-likeness (QED) is 0.857. The largest absolute Gasteiger partial charge is 0.399 e. The first-order valence-corrected chi connectivity index (χ1v) is 7.30. The lowest BCUT2D eigenvalue weighted by Crippen LogP contribution is -2.52. The first kappa shape index (κ1) is 14.5. The highest BCUT2D eigenvalue weighted by Gasteiger charge is 2.23. The molecule has 1 aliphatic rings. The van der Waals surface area contributed by atoms with E-state index in [9.17, 15) is 4.79 Å². The summed E-state index contributed by atoms with van der Waals surface area (Å²) in [5.41, 5.74) is 7.74. The molecule has 1 aromatic carbocycles. The number of carbonyl (C=O) groups excluding carboxylic acids is 1. The summed E-state index contributed by atoms with van der Waals surface area (Å²) in [7, 11) is 0. The summed E-state index contributed by atoms with van der Waals surface area (Å²) >= 11 is 0. The van der Waals surface area contributed by atoms with Crippen LogP contribution in [-0.4, -0.2) is 55.1 Å². The number of hydrogen-bond acceptors (Lipinski definition) is 3.